The van der Waals surface area contributed by atoms with Crippen molar-refractivity contribution in [2.75, 3.05) is 23.1 Å². The highest BCUT2D eigenvalue weighted by Gasteiger charge is 2.29. The second-order valence-corrected chi connectivity index (χ2v) is 9.49. The number of halogens is 2. The van der Waals surface area contributed by atoms with Gasteiger partial charge < -0.3 is 0 Å². The molecule has 0 unspecified atom stereocenters. The number of hydrogen-bond donors (Lipinski definition) is 1. The topological polar surface area (TPSA) is 83.5 Å². The molecule has 0 saturated carbocycles. The van der Waals surface area contributed by atoms with Gasteiger partial charge in [-0.05, 0) is 36.2 Å². The fourth-order valence-corrected chi connectivity index (χ4v) is 5.45. The first-order valence-electron chi connectivity index (χ1n) is 7.74. The Kier molecular flexibility index (Phi) is 5.00. The number of nitrogens with zero attached hydrogens (tertiary/aromatic N) is 1. The van der Waals surface area contributed by atoms with E-state index in [0.717, 1.165) is 11.6 Å². The van der Waals surface area contributed by atoms with Gasteiger partial charge in [0.1, 0.15) is 16.5 Å². The van der Waals surface area contributed by atoms with Crippen LogP contribution < -0.4 is 9.03 Å². The van der Waals surface area contributed by atoms with Gasteiger partial charge in [-0.2, -0.15) is 0 Å². The number of para-hydroxylation sites is 1. The Bertz CT molecular complexity index is 1040. The number of anilines is 1. The van der Waals surface area contributed by atoms with Crippen LogP contribution in [0.5, 0.6) is 0 Å². The average molecular weight is 402 g/mol. The molecule has 0 spiro atoms. The number of sulfonamides is 2. The van der Waals surface area contributed by atoms with E-state index >= 15 is 0 Å². The van der Waals surface area contributed by atoms with Gasteiger partial charge in [0, 0.05) is 13.1 Å². The third-order valence-corrected chi connectivity index (χ3v) is 7.26. The van der Waals surface area contributed by atoms with Crippen molar-refractivity contribution in [3.05, 3.63) is 59.7 Å². The van der Waals surface area contributed by atoms with Crippen LogP contribution in [0.2, 0.25) is 0 Å². The molecule has 2 aromatic carbocycles. The molecule has 0 atom stereocenters. The minimum Gasteiger partial charge on any atom is -0.270 e. The van der Waals surface area contributed by atoms with Gasteiger partial charge in [-0.3, -0.25) is 4.31 Å². The maximum Gasteiger partial charge on any atom is 0.243 e. The van der Waals surface area contributed by atoms with Crippen LogP contribution >= 0.6 is 0 Å². The zero-order chi connectivity index (χ0) is 18.9. The van der Waals surface area contributed by atoms with Crippen LogP contribution in [0.1, 0.15) is 5.56 Å². The lowest BCUT2D eigenvalue weighted by molar-refractivity contribution is 0.546. The third kappa shape index (κ3) is 3.71. The van der Waals surface area contributed by atoms with Gasteiger partial charge in [0.2, 0.25) is 20.0 Å². The van der Waals surface area contributed by atoms with E-state index in [4.69, 9.17) is 0 Å². The highest BCUT2D eigenvalue weighted by molar-refractivity contribution is 7.93. The van der Waals surface area contributed by atoms with Crippen molar-refractivity contribution >= 4 is 25.7 Å². The summed E-state index contributed by atoms with van der Waals surface area (Å²) < 4.78 is 79.2. The molecule has 2 aromatic rings. The van der Waals surface area contributed by atoms with Crippen LogP contribution in [-0.4, -0.2) is 35.7 Å². The number of rotatable bonds is 6. The number of benzene rings is 2. The van der Waals surface area contributed by atoms with Crippen LogP contribution in [0.25, 0.3) is 0 Å². The highest BCUT2D eigenvalue weighted by atomic mass is 32.2. The summed E-state index contributed by atoms with van der Waals surface area (Å²) in [5.74, 6) is -2.53. The molecular weight excluding hydrogens is 386 g/mol. The van der Waals surface area contributed by atoms with E-state index in [0.29, 0.717) is 24.2 Å². The Balaban J connectivity index is 1.70. The van der Waals surface area contributed by atoms with Crippen molar-refractivity contribution in [2.24, 2.45) is 0 Å². The molecule has 0 saturated heterocycles. The molecule has 0 fully saturated rings. The van der Waals surface area contributed by atoms with E-state index in [9.17, 15) is 25.6 Å². The Morgan fingerprint density at radius 3 is 2.54 bits per heavy atom. The molecule has 0 amide bonds. The lowest BCUT2D eigenvalue weighted by Gasteiger charge is -2.19. The van der Waals surface area contributed by atoms with Crippen molar-refractivity contribution in [3.63, 3.8) is 0 Å². The summed E-state index contributed by atoms with van der Waals surface area (Å²) >= 11 is 0. The Morgan fingerprint density at radius 1 is 1.04 bits per heavy atom. The Hall–Kier alpha value is -2.04. The van der Waals surface area contributed by atoms with E-state index in [2.05, 4.69) is 0 Å². The van der Waals surface area contributed by atoms with Gasteiger partial charge >= 0.3 is 0 Å². The van der Waals surface area contributed by atoms with Crippen LogP contribution in [-0.2, 0) is 26.5 Å². The SMILES string of the molecule is O=S(=O)(NCCS(=O)(=O)N1CCc2ccccc21)c1cc(F)ccc1F. The number of fused-ring (bicyclic) bond motifs is 1. The fourth-order valence-electron chi connectivity index (χ4n) is 2.77. The maximum atomic E-state index is 13.6. The molecule has 140 valence electrons. The van der Waals surface area contributed by atoms with Crippen LogP contribution in [0.15, 0.2) is 47.4 Å². The average Bonchev–Trinajstić information content (AvgIpc) is 3.01. The Morgan fingerprint density at radius 2 is 1.77 bits per heavy atom. The molecule has 0 aromatic heterocycles. The molecule has 26 heavy (non-hydrogen) atoms. The highest BCUT2D eigenvalue weighted by Crippen LogP contribution is 2.29. The van der Waals surface area contributed by atoms with Crippen molar-refractivity contribution < 1.29 is 25.6 Å². The molecule has 3 rings (SSSR count). The zero-order valence-electron chi connectivity index (χ0n) is 13.5. The van der Waals surface area contributed by atoms with Crippen molar-refractivity contribution in [3.8, 4) is 0 Å². The van der Waals surface area contributed by atoms with Gasteiger partial charge in [0.15, 0.2) is 0 Å². The van der Waals surface area contributed by atoms with E-state index in [-0.39, 0.29) is 6.54 Å². The molecule has 1 heterocycles. The summed E-state index contributed by atoms with van der Waals surface area (Å²) in [5.41, 5.74) is 1.48. The van der Waals surface area contributed by atoms with Crippen LogP contribution in [0.3, 0.4) is 0 Å². The predicted octanol–water partition coefficient (Wildman–Crippen LogP) is 1.64. The molecule has 1 N–H and O–H groups in total. The summed E-state index contributed by atoms with van der Waals surface area (Å²) in [5, 5.41) is 0. The van der Waals surface area contributed by atoms with E-state index < -0.39 is 48.9 Å². The van der Waals surface area contributed by atoms with Crippen molar-refractivity contribution in [2.45, 2.75) is 11.3 Å². The molecule has 1 aliphatic rings. The summed E-state index contributed by atoms with van der Waals surface area (Å²) in [6.45, 7) is -0.174. The second kappa shape index (κ2) is 6.93. The van der Waals surface area contributed by atoms with Gasteiger partial charge in [-0.25, -0.2) is 30.3 Å². The second-order valence-electron chi connectivity index (χ2n) is 5.74. The normalized spacial score (nSPS) is 14.5. The summed E-state index contributed by atoms with van der Waals surface area (Å²) in [6.07, 6.45) is 0.579. The van der Waals surface area contributed by atoms with Gasteiger partial charge in [-0.15, -0.1) is 0 Å². The van der Waals surface area contributed by atoms with Gasteiger partial charge in [-0.1, -0.05) is 18.2 Å². The van der Waals surface area contributed by atoms with Crippen molar-refractivity contribution in [1.29, 1.82) is 0 Å². The molecule has 1 aliphatic heterocycles. The summed E-state index contributed by atoms with van der Waals surface area (Å²) in [4.78, 5) is -0.860. The minimum absolute atomic E-state index is 0.285. The van der Waals surface area contributed by atoms with E-state index in [1.165, 1.54) is 4.31 Å². The molecule has 0 radical (unpaired) electrons. The fraction of sp³-hybridized carbons (Fsp3) is 0.250. The quantitative estimate of drug-likeness (QED) is 0.796. The predicted molar refractivity (Wildman–Crippen MR) is 92.8 cm³/mol. The molecule has 0 bridgehead atoms. The summed E-state index contributed by atoms with van der Waals surface area (Å²) in [7, 11) is -8.13. The van der Waals surface area contributed by atoms with Gasteiger partial charge in [0.25, 0.3) is 0 Å². The first kappa shape index (κ1) is 18.7. The maximum absolute atomic E-state index is 13.6. The van der Waals surface area contributed by atoms with Gasteiger partial charge in [0.05, 0.1) is 11.4 Å². The molecule has 0 aliphatic carbocycles. The largest absolute Gasteiger partial charge is 0.270 e. The summed E-state index contributed by atoms with van der Waals surface area (Å²) in [6, 6.07) is 9.10. The zero-order valence-corrected chi connectivity index (χ0v) is 15.2. The van der Waals surface area contributed by atoms with Crippen LogP contribution in [0, 0.1) is 11.6 Å². The first-order valence-corrected chi connectivity index (χ1v) is 10.8. The minimum atomic E-state index is -4.37. The van der Waals surface area contributed by atoms with Crippen molar-refractivity contribution in [1.82, 2.24) is 4.72 Å². The Labute approximate surface area is 150 Å². The molecule has 6 nitrogen and oxygen atoms in total. The lowest BCUT2D eigenvalue weighted by atomic mass is 10.2. The molecular formula is C16H16F2N2O4S2. The molecule has 10 heteroatoms. The van der Waals surface area contributed by atoms with Crippen LogP contribution in [0.4, 0.5) is 14.5 Å². The number of nitrogens with one attached hydrogen (secondary N) is 1. The first-order chi connectivity index (χ1) is 12.2. The monoisotopic (exact) mass is 402 g/mol. The third-order valence-electron chi connectivity index (χ3n) is 4.02. The standard InChI is InChI=1S/C16H16F2N2O4S2/c17-13-5-6-14(18)16(11-13)26(23,24)19-8-10-25(21,22)20-9-7-12-3-1-2-4-15(12)20/h1-6,11,19H,7-10H2. The number of hydrogen-bond acceptors (Lipinski definition) is 4. The smallest absolute Gasteiger partial charge is 0.243 e. The van der Waals surface area contributed by atoms with E-state index in [1.54, 1.807) is 12.1 Å². The lowest BCUT2D eigenvalue weighted by Crippen LogP contribution is -2.37. The van der Waals surface area contributed by atoms with E-state index in [1.807, 2.05) is 16.9 Å².